The summed E-state index contributed by atoms with van der Waals surface area (Å²) in [5.41, 5.74) is 8.02. The number of benzene rings is 1. The van der Waals surface area contributed by atoms with E-state index in [1.165, 1.54) is 5.56 Å². The summed E-state index contributed by atoms with van der Waals surface area (Å²) < 4.78 is 0. The molecule has 0 bridgehead atoms. The lowest BCUT2D eigenvalue weighted by Crippen LogP contribution is -2.51. The maximum absolute atomic E-state index is 12.8. The highest BCUT2D eigenvalue weighted by Crippen LogP contribution is 2.22. The van der Waals surface area contributed by atoms with Gasteiger partial charge in [0, 0.05) is 30.7 Å². The summed E-state index contributed by atoms with van der Waals surface area (Å²) in [6.45, 7) is 3.67. The van der Waals surface area contributed by atoms with Crippen LogP contribution in [0.25, 0.3) is 0 Å². The van der Waals surface area contributed by atoms with E-state index in [4.69, 9.17) is 5.73 Å². The summed E-state index contributed by atoms with van der Waals surface area (Å²) in [6.07, 6.45) is 3.25. The van der Waals surface area contributed by atoms with Gasteiger partial charge < -0.3 is 15.5 Å². The lowest BCUT2D eigenvalue weighted by atomic mass is 9.96. The second kappa shape index (κ2) is 7.05. The van der Waals surface area contributed by atoms with Crippen molar-refractivity contribution in [2.24, 2.45) is 5.73 Å². The molecule has 4 heteroatoms. The van der Waals surface area contributed by atoms with E-state index in [1.54, 1.807) is 0 Å². The van der Waals surface area contributed by atoms with E-state index in [2.05, 4.69) is 11.0 Å². The Morgan fingerprint density at radius 1 is 1.43 bits per heavy atom. The minimum Gasteiger partial charge on any atom is -0.334 e. The highest BCUT2D eigenvalue weighted by atomic mass is 16.2. The Morgan fingerprint density at radius 3 is 2.86 bits per heavy atom. The highest BCUT2D eigenvalue weighted by molar-refractivity contribution is 5.94. The molecule has 2 atom stereocenters. The lowest BCUT2D eigenvalue weighted by Gasteiger charge is -2.38. The Balaban J connectivity index is 2.18. The Bertz CT molecular complexity index is 485. The smallest absolute Gasteiger partial charge is 0.254 e. The Morgan fingerprint density at radius 2 is 2.19 bits per heavy atom. The molecule has 1 aliphatic rings. The molecule has 1 aromatic rings. The Hall–Kier alpha value is -1.39. The number of likely N-dealkylation sites (tertiary alicyclic amines) is 1. The number of hydrogen-bond acceptors (Lipinski definition) is 3. The molecule has 1 aromatic carbocycles. The predicted molar refractivity (Wildman–Crippen MR) is 86.2 cm³/mol. The topological polar surface area (TPSA) is 49.6 Å². The fraction of sp³-hybridized carbons (Fsp3) is 0.588. The van der Waals surface area contributed by atoms with Crippen LogP contribution in [0.4, 0.5) is 0 Å². The van der Waals surface area contributed by atoms with Crippen molar-refractivity contribution >= 4 is 5.91 Å². The van der Waals surface area contributed by atoms with Gasteiger partial charge >= 0.3 is 0 Å². The number of rotatable bonds is 4. The summed E-state index contributed by atoms with van der Waals surface area (Å²) in [5.74, 6) is 0.123. The SMILES string of the molecule is CC(N)C1CCCCN1C(=O)c1cccc(CN(C)C)c1. The van der Waals surface area contributed by atoms with E-state index in [-0.39, 0.29) is 18.0 Å². The van der Waals surface area contributed by atoms with Gasteiger partial charge in [-0.3, -0.25) is 4.79 Å². The van der Waals surface area contributed by atoms with Crippen LogP contribution in [-0.2, 0) is 6.54 Å². The minimum absolute atomic E-state index is 0.0270. The largest absolute Gasteiger partial charge is 0.334 e. The first kappa shape index (κ1) is 16.0. The molecular weight excluding hydrogens is 262 g/mol. The monoisotopic (exact) mass is 289 g/mol. The fourth-order valence-electron chi connectivity index (χ4n) is 3.09. The van der Waals surface area contributed by atoms with Gasteiger partial charge in [-0.25, -0.2) is 0 Å². The van der Waals surface area contributed by atoms with Gasteiger partial charge in [-0.05, 0) is 58.0 Å². The third-order valence-corrected chi connectivity index (χ3v) is 4.09. The standard InChI is InChI=1S/C17H27N3O/c1-13(18)16-9-4-5-10-20(16)17(21)15-8-6-7-14(11-15)12-19(2)3/h6-8,11,13,16H,4-5,9-10,12,18H2,1-3H3. The van der Waals surface area contributed by atoms with Crippen LogP contribution >= 0.6 is 0 Å². The number of carbonyl (C=O) groups excluding carboxylic acids is 1. The average molecular weight is 289 g/mol. The second-order valence-corrected chi connectivity index (χ2v) is 6.36. The average Bonchev–Trinajstić information content (AvgIpc) is 2.46. The molecule has 1 amide bonds. The van der Waals surface area contributed by atoms with Gasteiger partial charge in [0.1, 0.15) is 0 Å². The molecule has 1 fully saturated rings. The zero-order valence-electron chi connectivity index (χ0n) is 13.4. The van der Waals surface area contributed by atoms with Crippen LogP contribution in [0.2, 0.25) is 0 Å². The summed E-state index contributed by atoms with van der Waals surface area (Å²) >= 11 is 0. The summed E-state index contributed by atoms with van der Waals surface area (Å²) in [6, 6.07) is 8.15. The van der Waals surface area contributed by atoms with Crippen molar-refractivity contribution < 1.29 is 4.79 Å². The zero-order valence-corrected chi connectivity index (χ0v) is 13.4. The molecule has 21 heavy (non-hydrogen) atoms. The molecule has 116 valence electrons. The predicted octanol–water partition coefficient (Wildman–Crippen LogP) is 2.09. The molecule has 0 radical (unpaired) electrons. The van der Waals surface area contributed by atoms with Crippen molar-refractivity contribution in [3.05, 3.63) is 35.4 Å². The van der Waals surface area contributed by atoms with Gasteiger partial charge in [0.2, 0.25) is 0 Å². The van der Waals surface area contributed by atoms with Gasteiger partial charge in [-0.2, -0.15) is 0 Å². The third-order valence-electron chi connectivity index (χ3n) is 4.09. The van der Waals surface area contributed by atoms with Crippen molar-refractivity contribution in [2.45, 2.75) is 44.8 Å². The van der Waals surface area contributed by atoms with E-state index in [0.29, 0.717) is 0 Å². The Labute approximate surface area is 127 Å². The van der Waals surface area contributed by atoms with Crippen LogP contribution in [0, 0.1) is 0 Å². The maximum Gasteiger partial charge on any atom is 0.254 e. The summed E-state index contributed by atoms with van der Waals surface area (Å²) in [7, 11) is 4.07. The van der Waals surface area contributed by atoms with E-state index >= 15 is 0 Å². The molecule has 0 saturated carbocycles. The van der Waals surface area contributed by atoms with Crippen molar-refractivity contribution in [2.75, 3.05) is 20.6 Å². The molecule has 0 aliphatic carbocycles. The van der Waals surface area contributed by atoms with Crippen LogP contribution in [-0.4, -0.2) is 48.4 Å². The van der Waals surface area contributed by atoms with Crippen molar-refractivity contribution in [3.63, 3.8) is 0 Å². The van der Waals surface area contributed by atoms with Crippen LogP contribution in [0.15, 0.2) is 24.3 Å². The van der Waals surface area contributed by atoms with Crippen LogP contribution < -0.4 is 5.73 Å². The molecular formula is C17H27N3O. The zero-order chi connectivity index (χ0) is 15.4. The van der Waals surface area contributed by atoms with E-state index < -0.39 is 0 Å². The van der Waals surface area contributed by atoms with Gasteiger partial charge in [0.05, 0.1) is 0 Å². The van der Waals surface area contributed by atoms with Crippen LogP contribution in [0.3, 0.4) is 0 Å². The Kier molecular flexibility index (Phi) is 5.37. The number of carbonyl (C=O) groups is 1. The van der Waals surface area contributed by atoms with Gasteiger partial charge in [0.15, 0.2) is 0 Å². The first-order chi connectivity index (χ1) is 9.99. The number of nitrogens with two attached hydrogens (primary N) is 1. The minimum atomic E-state index is 0.0270. The summed E-state index contributed by atoms with van der Waals surface area (Å²) in [4.78, 5) is 16.9. The van der Waals surface area contributed by atoms with E-state index in [0.717, 1.165) is 37.9 Å². The maximum atomic E-state index is 12.8. The van der Waals surface area contributed by atoms with Crippen LogP contribution in [0.1, 0.15) is 42.1 Å². The number of piperidine rings is 1. The molecule has 2 unspecified atom stereocenters. The van der Waals surface area contributed by atoms with Crippen molar-refractivity contribution in [3.8, 4) is 0 Å². The quantitative estimate of drug-likeness (QED) is 0.923. The molecule has 2 rings (SSSR count). The second-order valence-electron chi connectivity index (χ2n) is 6.36. The number of nitrogens with zero attached hydrogens (tertiary/aromatic N) is 2. The molecule has 1 saturated heterocycles. The lowest BCUT2D eigenvalue weighted by molar-refractivity contribution is 0.0583. The summed E-state index contributed by atoms with van der Waals surface area (Å²) in [5, 5.41) is 0. The molecule has 0 aromatic heterocycles. The molecule has 2 N–H and O–H groups in total. The normalized spacial score (nSPS) is 20.6. The van der Waals surface area contributed by atoms with Crippen molar-refractivity contribution in [1.82, 2.24) is 9.80 Å². The molecule has 1 aliphatic heterocycles. The number of amides is 1. The number of hydrogen-bond donors (Lipinski definition) is 1. The van der Waals surface area contributed by atoms with E-state index in [9.17, 15) is 4.79 Å². The molecule has 0 spiro atoms. The van der Waals surface area contributed by atoms with E-state index in [1.807, 2.05) is 44.1 Å². The molecule has 1 heterocycles. The van der Waals surface area contributed by atoms with Gasteiger partial charge in [-0.1, -0.05) is 12.1 Å². The first-order valence-electron chi connectivity index (χ1n) is 7.79. The van der Waals surface area contributed by atoms with Crippen molar-refractivity contribution in [1.29, 1.82) is 0 Å². The van der Waals surface area contributed by atoms with Crippen LogP contribution in [0.5, 0.6) is 0 Å². The van der Waals surface area contributed by atoms with Gasteiger partial charge in [0.25, 0.3) is 5.91 Å². The molecule has 4 nitrogen and oxygen atoms in total. The van der Waals surface area contributed by atoms with Gasteiger partial charge in [-0.15, -0.1) is 0 Å². The third kappa shape index (κ3) is 4.05. The fourth-order valence-corrected chi connectivity index (χ4v) is 3.09. The first-order valence-corrected chi connectivity index (χ1v) is 7.79. The highest BCUT2D eigenvalue weighted by Gasteiger charge is 2.29.